The molecule has 1 aliphatic rings. The molecule has 0 N–H and O–H groups in total. The summed E-state index contributed by atoms with van der Waals surface area (Å²) in [4.78, 5) is 0. The maximum atomic E-state index is 12.6. The van der Waals surface area contributed by atoms with Crippen molar-refractivity contribution >= 4 is 0 Å². The molecule has 0 amide bonds. The maximum absolute atomic E-state index is 12.6. The molecule has 0 radical (unpaired) electrons. The van der Waals surface area contributed by atoms with Crippen LogP contribution in [0.5, 0.6) is 11.5 Å². The van der Waals surface area contributed by atoms with Crippen LogP contribution in [0, 0.1) is 11.3 Å². The van der Waals surface area contributed by atoms with E-state index in [4.69, 9.17) is 14.7 Å². The Hall–Kier alpha value is -1.76. The first-order valence-electron chi connectivity index (χ1n) is 4.19. The molecular weight excluding hydrogens is 185 g/mol. The Morgan fingerprint density at radius 1 is 1.29 bits per heavy atom. The topological polar surface area (TPSA) is 42.2 Å². The summed E-state index contributed by atoms with van der Waals surface area (Å²) in [6, 6.07) is 5.25. The van der Waals surface area contributed by atoms with Crippen LogP contribution in [-0.4, -0.2) is 6.79 Å². The van der Waals surface area contributed by atoms with E-state index in [-0.39, 0.29) is 13.2 Å². The predicted molar refractivity (Wildman–Crippen MR) is 46.7 cm³/mol. The van der Waals surface area contributed by atoms with Gasteiger partial charge in [0.1, 0.15) is 6.67 Å². The summed E-state index contributed by atoms with van der Waals surface area (Å²) in [6.45, 7) is -0.426. The van der Waals surface area contributed by atoms with Gasteiger partial charge in [-0.25, -0.2) is 4.39 Å². The molecular formula is C10H8FNO2. The van der Waals surface area contributed by atoms with Crippen LogP contribution in [0.25, 0.3) is 0 Å². The summed E-state index contributed by atoms with van der Waals surface area (Å²) in [5, 5.41) is 8.54. The minimum atomic E-state index is -0.590. The van der Waals surface area contributed by atoms with Crippen LogP contribution < -0.4 is 9.47 Å². The average Bonchev–Trinajstić information content (AvgIpc) is 2.64. The highest BCUT2D eigenvalue weighted by molar-refractivity contribution is 5.49. The van der Waals surface area contributed by atoms with Crippen molar-refractivity contribution in [2.45, 2.75) is 13.1 Å². The Morgan fingerprint density at radius 3 is 2.50 bits per heavy atom. The van der Waals surface area contributed by atoms with Crippen molar-refractivity contribution in [3.05, 3.63) is 23.3 Å². The highest BCUT2D eigenvalue weighted by atomic mass is 19.1. The van der Waals surface area contributed by atoms with Crippen molar-refractivity contribution in [1.29, 1.82) is 5.26 Å². The summed E-state index contributed by atoms with van der Waals surface area (Å²) in [5.74, 6) is 1.15. The van der Waals surface area contributed by atoms with Crippen LogP contribution in [0.4, 0.5) is 4.39 Å². The number of ether oxygens (including phenoxy) is 2. The second-order valence-corrected chi connectivity index (χ2v) is 2.94. The van der Waals surface area contributed by atoms with Crippen molar-refractivity contribution in [3.8, 4) is 17.6 Å². The van der Waals surface area contributed by atoms with E-state index >= 15 is 0 Å². The van der Waals surface area contributed by atoms with Gasteiger partial charge in [0.25, 0.3) is 0 Å². The summed E-state index contributed by atoms with van der Waals surface area (Å²) in [6.07, 6.45) is 0.190. The SMILES string of the molecule is N#CCc1cc2c(cc1CF)OCO2. The second-order valence-electron chi connectivity index (χ2n) is 2.94. The van der Waals surface area contributed by atoms with Gasteiger partial charge in [-0.05, 0) is 23.3 Å². The molecule has 1 aromatic rings. The normalized spacial score (nSPS) is 12.6. The lowest BCUT2D eigenvalue weighted by atomic mass is 10.1. The van der Waals surface area contributed by atoms with E-state index in [1.54, 1.807) is 12.1 Å². The molecule has 0 unspecified atom stereocenters. The van der Waals surface area contributed by atoms with Gasteiger partial charge in [-0.1, -0.05) is 0 Å². The van der Waals surface area contributed by atoms with Gasteiger partial charge in [0.2, 0.25) is 6.79 Å². The van der Waals surface area contributed by atoms with E-state index in [1.165, 1.54) is 0 Å². The fraction of sp³-hybridized carbons (Fsp3) is 0.300. The third kappa shape index (κ3) is 1.37. The summed E-state index contributed by atoms with van der Waals surface area (Å²) in [7, 11) is 0. The lowest BCUT2D eigenvalue weighted by molar-refractivity contribution is 0.174. The van der Waals surface area contributed by atoms with Crippen LogP contribution in [0.1, 0.15) is 11.1 Å². The smallest absolute Gasteiger partial charge is 0.231 e. The summed E-state index contributed by atoms with van der Waals surface area (Å²) in [5.41, 5.74) is 1.16. The molecule has 1 heterocycles. The number of hydrogen-bond donors (Lipinski definition) is 0. The van der Waals surface area contributed by atoms with Crippen molar-refractivity contribution < 1.29 is 13.9 Å². The molecule has 3 nitrogen and oxygen atoms in total. The fourth-order valence-corrected chi connectivity index (χ4v) is 1.40. The van der Waals surface area contributed by atoms with Crippen molar-refractivity contribution in [2.75, 3.05) is 6.79 Å². The Bertz CT molecular complexity index is 398. The third-order valence-electron chi connectivity index (χ3n) is 2.11. The van der Waals surface area contributed by atoms with Gasteiger partial charge in [0.05, 0.1) is 12.5 Å². The molecule has 0 aromatic heterocycles. The number of nitriles is 1. The zero-order chi connectivity index (χ0) is 9.97. The quantitative estimate of drug-likeness (QED) is 0.720. The maximum Gasteiger partial charge on any atom is 0.231 e. The van der Waals surface area contributed by atoms with Crippen LogP contribution >= 0.6 is 0 Å². The van der Waals surface area contributed by atoms with E-state index < -0.39 is 6.67 Å². The molecule has 2 rings (SSSR count). The number of alkyl halides is 1. The Kier molecular flexibility index (Phi) is 2.23. The molecule has 1 aromatic carbocycles. The third-order valence-corrected chi connectivity index (χ3v) is 2.11. The van der Waals surface area contributed by atoms with Crippen LogP contribution in [-0.2, 0) is 13.1 Å². The van der Waals surface area contributed by atoms with Gasteiger partial charge in [0, 0.05) is 0 Å². The van der Waals surface area contributed by atoms with Crippen LogP contribution in [0.2, 0.25) is 0 Å². The minimum Gasteiger partial charge on any atom is -0.454 e. The van der Waals surface area contributed by atoms with Crippen molar-refractivity contribution in [3.63, 3.8) is 0 Å². The number of benzene rings is 1. The first-order chi connectivity index (χ1) is 6.85. The highest BCUT2D eigenvalue weighted by Gasteiger charge is 2.16. The molecule has 0 spiro atoms. The predicted octanol–water partition coefficient (Wildman–Crippen LogP) is 1.95. The first kappa shape index (κ1) is 8.82. The second kappa shape index (κ2) is 3.54. The average molecular weight is 193 g/mol. The molecule has 0 atom stereocenters. The van der Waals surface area contributed by atoms with Gasteiger partial charge in [0.15, 0.2) is 11.5 Å². The van der Waals surface area contributed by atoms with Gasteiger partial charge in [-0.2, -0.15) is 5.26 Å². The Morgan fingerprint density at radius 2 is 1.93 bits per heavy atom. The van der Waals surface area contributed by atoms with Gasteiger partial charge >= 0.3 is 0 Å². The highest BCUT2D eigenvalue weighted by Crippen LogP contribution is 2.35. The molecule has 0 fully saturated rings. The minimum absolute atomic E-state index is 0.164. The van der Waals surface area contributed by atoms with E-state index in [2.05, 4.69) is 0 Å². The molecule has 0 aliphatic carbocycles. The number of halogens is 1. The standard InChI is InChI=1S/C10H8FNO2/c11-5-8-4-10-9(13-6-14-10)3-7(8)1-2-12/h3-4H,1,5-6H2. The molecule has 72 valence electrons. The number of nitrogens with zero attached hydrogens (tertiary/aromatic N) is 1. The molecule has 1 aliphatic heterocycles. The van der Waals surface area contributed by atoms with Crippen LogP contribution in [0.3, 0.4) is 0 Å². The number of fused-ring (bicyclic) bond motifs is 1. The fourth-order valence-electron chi connectivity index (χ4n) is 1.40. The molecule has 0 saturated carbocycles. The van der Waals surface area contributed by atoms with E-state index in [0.717, 1.165) is 0 Å². The van der Waals surface area contributed by atoms with E-state index in [9.17, 15) is 4.39 Å². The van der Waals surface area contributed by atoms with Gasteiger partial charge in [-0.3, -0.25) is 0 Å². The number of rotatable bonds is 2. The molecule has 0 saturated heterocycles. The van der Waals surface area contributed by atoms with Gasteiger partial charge < -0.3 is 9.47 Å². The molecule has 14 heavy (non-hydrogen) atoms. The van der Waals surface area contributed by atoms with Crippen LogP contribution in [0.15, 0.2) is 12.1 Å². The largest absolute Gasteiger partial charge is 0.454 e. The lowest BCUT2D eigenvalue weighted by Gasteiger charge is -2.04. The zero-order valence-electron chi connectivity index (χ0n) is 7.42. The zero-order valence-corrected chi connectivity index (χ0v) is 7.42. The monoisotopic (exact) mass is 193 g/mol. The van der Waals surface area contributed by atoms with E-state index in [1.807, 2.05) is 6.07 Å². The van der Waals surface area contributed by atoms with Crippen molar-refractivity contribution in [1.82, 2.24) is 0 Å². The van der Waals surface area contributed by atoms with E-state index in [0.29, 0.717) is 22.6 Å². The molecule has 4 heteroatoms. The summed E-state index contributed by atoms with van der Waals surface area (Å²) >= 11 is 0. The van der Waals surface area contributed by atoms with Crippen molar-refractivity contribution in [2.24, 2.45) is 0 Å². The lowest BCUT2D eigenvalue weighted by Crippen LogP contribution is -1.92. The van der Waals surface area contributed by atoms with Gasteiger partial charge in [-0.15, -0.1) is 0 Å². The molecule has 0 bridgehead atoms. The number of hydrogen-bond acceptors (Lipinski definition) is 3. The summed E-state index contributed by atoms with van der Waals surface area (Å²) < 4.78 is 22.8. The Labute approximate surface area is 80.7 Å². The first-order valence-corrected chi connectivity index (χ1v) is 4.19. The Balaban J connectivity index is 2.44.